The molecule has 0 saturated heterocycles. The van der Waals surface area contributed by atoms with Crippen LogP contribution in [-0.2, 0) is 0 Å². The molecule has 0 fully saturated rings. The lowest BCUT2D eigenvalue weighted by Crippen LogP contribution is -2.20. The van der Waals surface area contributed by atoms with Crippen molar-refractivity contribution >= 4 is 34.8 Å². The van der Waals surface area contributed by atoms with E-state index in [0.717, 1.165) is 0 Å². The van der Waals surface area contributed by atoms with E-state index in [1.807, 2.05) is 0 Å². The SMILES string of the molecule is O=C(Nc1ccccc1OCC(F)(F)F)c1ccc(Cl)nc1Cl. The van der Waals surface area contributed by atoms with Crippen LogP contribution in [0.15, 0.2) is 36.4 Å². The van der Waals surface area contributed by atoms with Gasteiger partial charge in [0, 0.05) is 0 Å². The van der Waals surface area contributed by atoms with Gasteiger partial charge in [-0.15, -0.1) is 0 Å². The van der Waals surface area contributed by atoms with Crippen molar-refractivity contribution < 1.29 is 22.7 Å². The van der Waals surface area contributed by atoms with Gasteiger partial charge >= 0.3 is 6.18 Å². The van der Waals surface area contributed by atoms with E-state index in [1.54, 1.807) is 0 Å². The highest BCUT2D eigenvalue weighted by Gasteiger charge is 2.29. The van der Waals surface area contributed by atoms with Crippen LogP contribution in [-0.4, -0.2) is 23.7 Å². The number of amides is 1. The van der Waals surface area contributed by atoms with E-state index in [4.69, 9.17) is 23.2 Å². The standard InChI is InChI=1S/C14H9Cl2F3N2O2/c15-11-6-5-8(12(16)21-11)13(22)20-9-3-1-2-4-10(9)23-7-14(17,18)19/h1-6H,7H2,(H,20,22). The fraction of sp³-hybridized carbons (Fsp3) is 0.143. The second kappa shape index (κ2) is 7.06. The number of nitrogens with zero attached hydrogens (tertiary/aromatic N) is 1. The van der Waals surface area contributed by atoms with Gasteiger partial charge in [-0.25, -0.2) is 4.98 Å². The van der Waals surface area contributed by atoms with Crippen LogP contribution in [0.5, 0.6) is 5.75 Å². The Kier molecular flexibility index (Phi) is 5.33. The number of anilines is 1. The number of nitrogens with one attached hydrogen (secondary N) is 1. The summed E-state index contributed by atoms with van der Waals surface area (Å²) in [5.41, 5.74) is 0.106. The van der Waals surface area contributed by atoms with Crippen molar-refractivity contribution in [2.24, 2.45) is 0 Å². The molecule has 0 atom stereocenters. The van der Waals surface area contributed by atoms with Crippen molar-refractivity contribution in [1.29, 1.82) is 0 Å². The number of rotatable bonds is 4. The molecule has 0 radical (unpaired) electrons. The number of alkyl halides is 3. The Morgan fingerprint density at radius 2 is 1.87 bits per heavy atom. The Morgan fingerprint density at radius 1 is 1.17 bits per heavy atom. The van der Waals surface area contributed by atoms with Crippen LogP contribution in [0, 0.1) is 0 Å². The minimum absolute atomic E-state index is 0.0293. The summed E-state index contributed by atoms with van der Waals surface area (Å²) in [7, 11) is 0. The van der Waals surface area contributed by atoms with Crippen LogP contribution >= 0.6 is 23.2 Å². The maximum atomic E-state index is 12.2. The summed E-state index contributed by atoms with van der Waals surface area (Å²) in [4.78, 5) is 15.9. The third-order valence-electron chi connectivity index (χ3n) is 2.59. The highest BCUT2D eigenvalue weighted by Crippen LogP contribution is 2.27. The molecule has 122 valence electrons. The van der Waals surface area contributed by atoms with E-state index in [0.29, 0.717) is 0 Å². The number of carbonyl (C=O) groups is 1. The summed E-state index contributed by atoms with van der Waals surface area (Å²) in [5, 5.41) is 2.41. The first-order valence-electron chi connectivity index (χ1n) is 6.18. The molecule has 2 aromatic rings. The average molecular weight is 365 g/mol. The minimum atomic E-state index is -4.49. The summed E-state index contributed by atoms with van der Waals surface area (Å²) in [6.07, 6.45) is -4.49. The molecule has 0 saturated carbocycles. The summed E-state index contributed by atoms with van der Waals surface area (Å²) in [6.45, 7) is -1.47. The first-order valence-corrected chi connectivity index (χ1v) is 6.94. The van der Waals surface area contributed by atoms with Gasteiger partial charge in [0.15, 0.2) is 6.61 Å². The average Bonchev–Trinajstić information content (AvgIpc) is 2.45. The first-order chi connectivity index (χ1) is 10.8. The van der Waals surface area contributed by atoms with Crippen molar-refractivity contribution in [3.8, 4) is 5.75 Å². The highest BCUT2D eigenvalue weighted by molar-refractivity contribution is 6.35. The molecule has 0 aliphatic heterocycles. The zero-order valence-corrected chi connectivity index (χ0v) is 12.8. The number of hydrogen-bond donors (Lipinski definition) is 1. The smallest absolute Gasteiger partial charge is 0.422 e. The van der Waals surface area contributed by atoms with Gasteiger partial charge in [0.2, 0.25) is 0 Å². The van der Waals surface area contributed by atoms with Gasteiger partial charge in [0.25, 0.3) is 5.91 Å². The lowest BCUT2D eigenvalue weighted by atomic mass is 10.2. The second-order valence-corrected chi connectivity index (χ2v) is 5.07. The van der Waals surface area contributed by atoms with Gasteiger partial charge in [-0.3, -0.25) is 4.79 Å². The molecule has 1 amide bonds. The van der Waals surface area contributed by atoms with Gasteiger partial charge in [-0.05, 0) is 24.3 Å². The van der Waals surface area contributed by atoms with Gasteiger partial charge in [0.1, 0.15) is 16.1 Å². The predicted octanol–water partition coefficient (Wildman–Crippen LogP) is 4.58. The number of benzene rings is 1. The maximum absolute atomic E-state index is 12.2. The fourth-order valence-electron chi connectivity index (χ4n) is 1.63. The summed E-state index contributed by atoms with van der Waals surface area (Å²) in [6, 6.07) is 8.46. The fourth-order valence-corrected chi connectivity index (χ4v) is 2.06. The van der Waals surface area contributed by atoms with E-state index in [2.05, 4.69) is 15.0 Å². The van der Waals surface area contributed by atoms with E-state index in [9.17, 15) is 18.0 Å². The van der Waals surface area contributed by atoms with Gasteiger partial charge in [0.05, 0.1) is 11.3 Å². The number of para-hydroxylation sites is 2. The quantitative estimate of drug-likeness (QED) is 0.807. The number of pyridine rings is 1. The Balaban J connectivity index is 2.18. The Bertz CT molecular complexity index is 723. The third-order valence-corrected chi connectivity index (χ3v) is 3.08. The van der Waals surface area contributed by atoms with Gasteiger partial charge in [-0.2, -0.15) is 13.2 Å². The van der Waals surface area contributed by atoms with Crippen LogP contribution < -0.4 is 10.1 Å². The summed E-state index contributed by atoms with van der Waals surface area (Å²) in [5.74, 6) is -0.765. The minimum Gasteiger partial charge on any atom is -0.482 e. The molecule has 1 aromatic carbocycles. The molecular weight excluding hydrogens is 356 g/mol. The summed E-state index contributed by atoms with van der Waals surface area (Å²) >= 11 is 11.5. The first kappa shape index (κ1) is 17.4. The van der Waals surface area contributed by atoms with Gasteiger partial charge in [-0.1, -0.05) is 35.3 Å². The van der Waals surface area contributed by atoms with Crippen LogP contribution in [0.3, 0.4) is 0 Å². The highest BCUT2D eigenvalue weighted by atomic mass is 35.5. The predicted molar refractivity (Wildman–Crippen MR) is 80.2 cm³/mol. The Hall–Kier alpha value is -1.99. The summed E-state index contributed by atoms with van der Waals surface area (Å²) < 4.78 is 41.4. The molecule has 1 N–H and O–H groups in total. The van der Waals surface area contributed by atoms with E-state index < -0.39 is 18.7 Å². The maximum Gasteiger partial charge on any atom is 0.422 e. The lowest BCUT2D eigenvalue weighted by molar-refractivity contribution is -0.153. The number of ether oxygens (including phenoxy) is 1. The molecule has 0 aliphatic rings. The molecule has 0 bridgehead atoms. The molecule has 4 nitrogen and oxygen atoms in total. The molecule has 0 aliphatic carbocycles. The molecule has 1 heterocycles. The molecule has 9 heteroatoms. The van der Waals surface area contributed by atoms with E-state index in [-0.39, 0.29) is 27.3 Å². The van der Waals surface area contributed by atoms with Crippen molar-refractivity contribution in [2.45, 2.75) is 6.18 Å². The van der Waals surface area contributed by atoms with Crippen molar-refractivity contribution in [1.82, 2.24) is 4.98 Å². The third kappa shape index (κ3) is 5.01. The zero-order valence-electron chi connectivity index (χ0n) is 11.3. The molecular formula is C14H9Cl2F3N2O2. The van der Waals surface area contributed by atoms with E-state index in [1.165, 1.54) is 36.4 Å². The molecule has 2 rings (SSSR count). The molecule has 1 aromatic heterocycles. The molecule has 0 unspecified atom stereocenters. The Morgan fingerprint density at radius 3 is 2.52 bits per heavy atom. The van der Waals surface area contributed by atoms with Crippen LogP contribution in [0.2, 0.25) is 10.3 Å². The van der Waals surface area contributed by atoms with Crippen molar-refractivity contribution in [2.75, 3.05) is 11.9 Å². The Labute approximate surface area is 139 Å². The van der Waals surface area contributed by atoms with Crippen LogP contribution in [0.4, 0.5) is 18.9 Å². The number of hydrogen-bond acceptors (Lipinski definition) is 3. The molecule has 0 spiro atoms. The lowest BCUT2D eigenvalue weighted by Gasteiger charge is -2.14. The topological polar surface area (TPSA) is 51.2 Å². The van der Waals surface area contributed by atoms with E-state index >= 15 is 0 Å². The van der Waals surface area contributed by atoms with Crippen molar-refractivity contribution in [3.05, 3.63) is 52.3 Å². The number of aromatic nitrogens is 1. The van der Waals surface area contributed by atoms with Crippen LogP contribution in [0.1, 0.15) is 10.4 Å². The second-order valence-electron chi connectivity index (χ2n) is 4.33. The largest absolute Gasteiger partial charge is 0.482 e. The number of halogens is 5. The van der Waals surface area contributed by atoms with Crippen LogP contribution in [0.25, 0.3) is 0 Å². The van der Waals surface area contributed by atoms with Crippen molar-refractivity contribution in [3.63, 3.8) is 0 Å². The van der Waals surface area contributed by atoms with Gasteiger partial charge < -0.3 is 10.1 Å². The zero-order chi connectivity index (χ0) is 17.0. The monoisotopic (exact) mass is 364 g/mol. The normalized spacial score (nSPS) is 11.2. The number of carbonyl (C=O) groups excluding carboxylic acids is 1. The molecule has 23 heavy (non-hydrogen) atoms.